The molecule has 1 saturated heterocycles. The molecular weight excluding hydrogens is 392 g/mol. The molecule has 176 valence electrons. The minimum Gasteiger partial charge on any atom is -0.388 e. The molecule has 5 atom stereocenters. The Kier molecular flexibility index (Phi) is 7.84. The molecule has 1 N–H and O–H groups in total. The highest BCUT2D eigenvalue weighted by Gasteiger charge is 2.43. The molecule has 0 bridgehead atoms. The van der Waals surface area contributed by atoms with Crippen molar-refractivity contribution >= 4 is 0 Å². The number of hydrogen-bond acceptors (Lipinski definition) is 2. The van der Waals surface area contributed by atoms with E-state index in [4.69, 9.17) is 0 Å². The second kappa shape index (κ2) is 9.87. The van der Waals surface area contributed by atoms with E-state index < -0.39 is 12.0 Å². The Bertz CT molecular complexity index is 690. The summed E-state index contributed by atoms with van der Waals surface area (Å²) in [6, 6.07) is 9.91. The predicted molar refractivity (Wildman–Crippen MR) is 124 cm³/mol. The predicted octanol–water partition coefficient (Wildman–Crippen LogP) is 6.80. The van der Waals surface area contributed by atoms with Gasteiger partial charge in [0.05, 0.1) is 12.6 Å². The molecule has 3 rings (SSSR count). The minimum absolute atomic E-state index is 0.0434. The molecule has 0 spiro atoms. The van der Waals surface area contributed by atoms with Gasteiger partial charge in [-0.2, -0.15) is 0 Å². The molecule has 1 aliphatic heterocycles. The van der Waals surface area contributed by atoms with E-state index >= 15 is 0 Å². The van der Waals surface area contributed by atoms with Crippen LogP contribution in [0.15, 0.2) is 30.3 Å². The van der Waals surface area contributed by atoms with Gasteiger partial charge < -0.3 is 5.11 Å². The molecule has 4 heteroatoms. The number of alkyl halides is 2. The van der Waals surface area contributed by atoms with Crippen molar-refractivity contribution in [2.75, 3.05) is 19.6 Å². The van der Waals surface area contributed by atoms with Gasteiger partial charge in [0.25, 0.3) is 5.92 Å². The SMILES string of the molecule is CC(C)[C@@H](C)C1CN(CC2CCC(CC(C)(C)C(O)c3ccccc3)C2)CC(F)(F)C1. The molecule has 1 aromatic rings. The lowest BCUT2D eigenvalue weighted by Crippen LogP contribution is -2.50. The van der Waals surface area contributed by atoms with Gasteiger partial charge in [0.1, 0.15) is 0 Å². The molecule has 4 unspecified atom stereocenters. The summed E-state index contributed by atoms with van der Waals surface area (Å²) in [4.78, 5) is 2.06. The van der Waals surface area contributed by atoms with Crippen LogP contribution in [0.4, 0.5) is 8.78 Å². The van der Waals surface area contributed by atoms with Gasteiger partial charge in [-0.15, -0.1) is 0 Å². The summed E-state index contributed by atoms with van der Waals surface area (Å²) in [6.45, 7) is 12.3. The number of rotatable bonds is 8. The molecule has 0 radical (unpaired) electrons. The lowest BCUT2D eigenvalue weighted by atomic mass is 9.75. The van der Waals surface area contributed by atoms with Crippen LogP contribution in [0.25, 0.3) is 0 Å². The van der Waals surface area contributed by atoms with E-state index in [1.54, 1.807) is 0 Å². The monoisotopic (exact) mass is 435 g/mol. The van der Waals surface area contributed by atoms with E-state index in [1.807, 2.05) is 30.3 Å². The van der Waals surface area contributed by atoms with Crippen LogP contribution < -0.4 is 0 Å². The van der Waals surface area contributed by atoms with Crippen molar-refractivity contribution < 1.29 is 13.9 Å². The quantitative estimate of drug-likeness (QED) is 0.485. The second-order valence-electron chi connectivity index (χ2n) is 11.7. The average Bonchev–Trinajstić information content (AvgIpc) is 3.11. The highest BCUT2D eigenvalue weighted by atomic mass is 19.3. The first kappa shape index (κ1) is 24.6. The third kappa shape index (κ3) is 6.51. The largest absolute Gasteiger partial charge is 0.388 e. The number of benzene rings is 1. The Morgan fingerprint density at radius 1 is 1.10 bits per heavy atom. The zero-order valence-electron chi connectivity index (χ0n) is 20.2. The van der Waals surface area contributed by atoms with Crippen LogP contribution in [0.2, 0.25) is 0 Å². The van der Waals surface area contributed by atoms with Crippen molar-refractivity contribution in [2.24, 2.45) is 35.0 Å². The highest BCUT2D eigenvalue weighted by Crippen LogP contribution is 2.45. The lowest BCUT2D eigenvalue weighted by Gasteiger charge is -2.42. The molecule has 2 aliphatic rings. The Balaban J connectivity index is 1.54. The van der Waals surface area contributed by atoms with Gasteiger partial charge in [-0.25, -0.2) is 8.78 Å². The fourth-order valence-corrected chi connectivity index (χ4v) is 6.11. The maximum absolute atomic E-state index is 14.5. The number of aliphatic hydroxyl groups excluding tert-OH is 1. The van der Waals surface area contributed by atoms with Gasteiger partial charge in [0.15, 0.2) is 0 Å². The first-order valence-electron chi connectivity index (χ1n) is 12.3. The molecule has 2 nitrogen and oxygen atoms in total. The van der Waals surface area contributed by atoms with Gasteiger partial charge in [-0.3, -0.25) is 4.90 Å². The topological polar surface area (TPSA) is 23.5 Å². The third-order valence-corrected chi connectivity index (χ3v) is 8.14. The summed E-state index contributed by atoms with van der Waals surface area (Å²) in [6.07, 6.45) is 3.90. The lowest BCUT2D eigenvalue weighted by molar-refractivity contribution is -0.0987. The number of hydrogen-bond donors (Lipinski definition) is 1. The van der Waals surface area contributed by atoms with E-state index in [0.29, 0.717) is 23.7 Å². The summed E-state index contributed by atoms with van der Waals surface area (Å²) in [7, 11) is 0. The summed E-state index contributed by atoms with van der Waals surface area (Å²) in [5, 5.41) is 10.9. The summed E-state index contributed by atoms with van der Waals surface area (Å²) >= 11 is 0. The van der Waals surface area contributed by atoms with E-state index in [-0.39, 0.29) is 24.3 Å². The Morgan fingerprint density at radius 2 is 1.74 bits per heavy atom. The Hall–Kier alpha value is -1.00. The maximum Gasteiger partial charge on any atom is 0.260 e. The average molecular weight is 436 g/mol. The number of piperidine rings is 1. The number of nitrogens with zero attached hydrogens (tertiary/aromatic N) is 1. The smallest absolute Gasteiger partial charge is 0.260 e. The van der Waals surface area contributed by atoms with Crippen LogP contribution in [0.3, 0.4) is 0 Å². The number of likely N-dealkylation sites (tertiary alicyclic amines) is 1. The van der Waals surface area contributed by atoms with Crippen molar-refractivity contribution in [1.29, 1.82) is 0 Å². The van der Waals surface area contributed by atoms with Crippen LogP contribution in [-0.2, 0) is 0 Å². The van der Waals surface area contributed by atoms with Crippen LogP contribution in [0, 0.1) is 35.0 Å². The van der Waals surface area contributed by atoms with Gasteiger partial charge in [-0.1, -0.05) is 71.4 Å². The van der Waals surface area contributed by atoms with Crippen molar-refractivity contribution in [3.8, 4) is 0 Å². The van der Waals surface area contributed by atoms with Crippen molar-refractivity contribution in [3.05, 3.63) is 35.9 Å². The zero-order chi connectivity index (χ0) is 22.8. The standard InChI is InChI=1S/C27H43F2NO/c1-19(2)20(3)24-15-27(28,29)18-30(17-24)16-22-12-11-21(13-22)14-26(4,5)25(31)23-9-7-6-8-10-23/h6-10,19-22,24-25,31H,11-18H2,1-5H3/t20-,21?,22?,24?,25?/m1/s1. The summed E-state index contributed by atoms with van der Waals surface area (Å²) in [5.74, 6) is -0.653. The van der Waals surface area contributed by atoms with Crippen LogP contribution in [0.1, 0.15) is 78.4 Å². The summed E-state index contributed by atoms with van der Waals surface area (Å²) < 4.78 is 29.0. The number of aliphatic hydroxyl groups is 1. The molecule has 31 heavy (non-hydrogen) atoms. The van der Waals surface area contributed by atoms with E-state index in [0.717, 1.165) is 44.3 Å². The van der Waals surface area contributed by atoms with Gasteiger partial charge in [-0.05, 0) is 59.8 Å². The molecule has 2 fully saturated rings. The molecule has 1 aromatic carbocycles. The first-order chi connectivity index (χ1) is 14.5. The molecule has 1 heterocycles. The van der Waals surface area contributed by atoms with Gasteiger partial charge in [0.2, 0.25) is 0 Å². The molecule has 1 aliphatic carbocycles. The first-order valence-corrected chi connectivity index (χ1v) is 12.3. The maximum atomic E-state index is 14.5. The van der Waals surface area contributed by atoms with Crippen molar-refractivity contribution in [1.82, 2.24) is 4.90 Å². The van der Waals surface area contributed by atoms with Crippen LogP contribution >= 0.6 is 0 Å². The van der Waals surface area contributed by atoms with Gasteiger partial charge in [0, 0.05) is 19.5 Å². The second-order valence-corrected chi connectivity index (χ2v) is 11.7. The normalized spacial score (nSPS) is 29.3. The minimum atomic E-state index is -2.56. The Labute approximate surface area is 188 Å². The molecular formula is C27H43F2NO. The fraction of sp³-hybridized carbons (Fsp3) is 0.778. The number of halogens is 2. The Morgan fingerprint density at radius 3 is 2.39 bits per heavy atom. The molecule has 1 saturated carbocycles. The van der Waals surface area contributed by atoms with E-state index in [9.17, 15) is 13.9 Å². The summed E-state index contributed by atoms with van der Waals surface area (Å²) in [5.41, 5.74) is 0.777. The van der Waals surface area contributed by atoms with E-state index in [1.165, 1.54) is 0 Å². The molecule has 0 aromatic heterocycles. The van der Waals surface area contributed by atoms with Crippen LogP contribution in [0.5, 0.6) is 0 Å². The molecule has 0 amide bonds. The van der Waals surface area contributed by atoms with Crippen LogP contribution in [-0.4, -0.2) is 35.6 Å². The third-order valence-electron chi connectivity index (χ3n) is 8.14. The highest BCUT2D eigenvalue weighted by molar-refractivity contribution is 5.19. The fourth-order valence-electron chi connectivity index (χ4n) is 6.11. The van der Waals surface area contributed by atoms with E-state index in [2.05, 4.69) is 39.5 Å². The zero-order valence-corrected chi connectivity index (χ0v) is 20.2. The van der Waals surface area contributed by atoms with Gasteiger partial charge >= 0.3 is 0 Å². The van der Waals surface area contributed by atoms with Crippen molar-refractivity contribution in [2.45, 2.75) is 78.7 Å². The van der Waals surface area contributed by atoms with Crippen molar-refractivity contribution in [3.63, 3.8) is 0 Å².